The molecule has 17 heavy (non-hydrogen) atoms. The van der Waals surface area contributed by atoms with Crippen molar-refractivity contribution in [3.8, 4) is 0 Å². The summed E-state index contributed by atoms with van der Waals surface area (Å²) in [5.74, 6) is 0.739. The number of aryl methyl sites for hydroxylation is 1. The van der Waals surface area contributed by atoms with Crippen LogP contribution >= 0.6 is 0 Å². The third kappa shape index (κ3) is 2.87. The van der Waals surface area contributed by atoms with E-state index >= 15 is 0 Å². The highest BCUT2D eigenvalue weighted by molar-refractivity contribution is 7.91. The number of sulfone groups is 1. The predicted molar refractivity (Wildman–Crippen MR) is 66.4 cm³/mol. The fourth-order valence-corrected chi connectivity index (χ4v) is 4.26. The highest BCUT2D eigenvalue weighted by atomic mass is 32.2. The quantitative estimate of drug-likeness (QED) is 0.853. The van der Waals surface area contributed by atoms with Gasteiger partial charge in [-0.2, -0.15) is 5.10 Å². The Labute approximate surface area is 102 Å². The molecule has 1 aliphatic heterocycles. The molecule has 1 aliphatic rings. The predicted octanol–water partition coefficient (Wildman–Crippen LogP) is 0.505. The molecule has 0 amide bonds. The maximum Gasteiger partial charge on any atom is 0.150 e. The van der Waals surface area contributed by atoms with Gasteiger partial charge in [0.15, 0.2) is 9.84 Å². The second kappa shape index (κ2) is 4.78. The molecular weight excluding hydrogens is 238 g/mol. The lowest BCUT2D eigenvalue weighted by molar-refractivity contribution is 0.389. The Morgan fingerprint density at radius 3 is 2.88 bits per heavy atom. The Hall–Kier alpha value is -0.880. The largest absolute Gasteiger partial charge is 0.309 e. The monoisotopic (exact) mass is 257 g/mol. The molecule has 0 spiro atoms. The zero-order valence-electron chi connectivity index (χ0n) is 10.3. The Kier molecular flexibility index (Phi) is 3.53. The van der Waals surface area contributed by atoms with Gasteiger partial charge in [-0.25, -0.2) is 8.42 Å². The van der Waals surface area contributed by atoms with E-state index in [9.17, 15) is 8.42 Å². The third-order valence-corrected chi connectivity index (χ3v) is 5.01. The molecule has 1 N–H and O–H groups in total. The smallest absolute Gasteiger partial charge is 0.150 e. The molecule has 0 aromatic carbocycles. The van der Waals surface area contributed by atoms with E-state index in [1.54, 1.807) is 4.68 Å². The van der Waals surface area contributed by atoms with Gasteiger partial charge in [0.2, 0.25) is 0 Å². The van der Waals surface area contributed by atoms with Crippen molar-refractivity contribution in [1.82, 2.24) is 15.1 Å². The molecule has 0 saturated carbocycles. The second-order valence-corrected chi connectivity index (χ2v) is 6.84. The van der Waals surface area contributed by atoms with Crippen LogP contribution in [0, 0.1) is 5.92 Å². The minimum absolute atomic E-state index is 0.0541. The summed E-state index contributed by atoms with van der Waals surface area (Å²) in [4.78, 5) is 0. The first-order valence-corrected chi connectivity index (χ1v) is 7.77. The van der Waals surface area contributed by atoms with Crippen molar-refractivity contribution in [1.29, 1.82) is 0 Å². The van der Waals surface area contributed by atoms with Crippen LogP contribution in [0.25, 0.3) is 0 Å². The summed E-state index contributed by atoms with van der Waals surface area (Å²) in [5.41, 5.74) is 0.941. The first-order valence-electron chi connectivity index (χ1n) is 5.95. The fraction of sp³-hybridized carbons (Fsp3) is 0.727. The zero-order valence-corrected chi connectivity index (χ0v) is 11.1. The van der Waals surface area contributed by atoms with Crippen LogP contribution in [0.5, 0.6) is 0 Å². The minimum Gasteiger partial charge on any atom is -0.309 e. The molecule has 1 saturated heterocycles. The third-order valence-electron chi connectivity index (χ3n) is 3.22. The Bertz CT molecular complexity index is 481. The summed E-state index contributed by atoms with van der Waals surface area (Å²) in [5, 5.41) is 7.73. The molecule has 5 nitrogen and oxygen atoms in total. The molecule has 96 valence electrons. The average molecular weight is 257 g/mol. The van der Waals surface area contributed by atoms with Gasteiger partial charge >= 0.3 is 0 Å². The summed E-state index contributed by atoms with van der Waals surface area (Å²) in [6.45, 7) is 2.84. The Morgan fingerprint density at radius 2 is 2.41 bits per heavy atom. The molecule has 0 aliphatic carbocycles. The summed E-state index contributed by atoms with van der Waals surface area (Å²) in [6, 6.07) is 2.01. The van der Waals surface area contributed by atoms with E-state index in [2.05, 4.69) is 10.4 Å². The van der Waals surface area contributed by atoms with Crippen LogP contribution < -0.4 is 5.32 Å². The first kappa shape index (κ1) is 12.6. The summed E-state index contributed by atoms with van der Waals surface area (Å²) in [7, 11) is -0.962. The van der Waals surface area contributed by atoms with Gasteiger partial charge in [0, 0.05) is 13.2 Å². The van der Waals surface area contributed by atoms with Crippen molar-refractivity contribution in [2.45, 2.75) is 19.4 Å². The maximum atomic E-state index is 11.5. The van der Waals surface area contributed by atoms with Crippen LogP contribution in [0.4, 0.5) is 0 Å². The molecule has 1 aromatic heterocycles. The van der Waals surface area contributed by atoms with Crippen LogP contribution in [0.1, 0.15) is 25.1 Å². The highest BCUT2D eigenvalue weighted by Gasteiger charge is 2.34. The van der Waals surface area contributed by atoms with Gasteiger partial charge in [-0.1, -0.05) is 6.92 Å². The normalized spacial score (nSPS) is 24.9. The standard InChI is InChI=1S/C11H19N3O2S/c1-3-12-11(10-4-6-14(2)13-10)9-5-7-17(15,16)8-9/h4,6,9,11-12H,3,5,7-8H2,1-2H3. The van der Waals surface area contributed by atoms with E-state index in [4.69, 9.17) is 0 Å². The summed E-state index contributed by atoms with van der Waals surface area (Å²) < 4.78 is 24.8. The van der Waals surface area contributed by atoms with Gasteiger partial charge in [0.25, 0.3) is 0 Å². The average Bonchev–Trinajstić information content (AvgIpc) is 2.81. The lowest BCUT2D eigenvalue weighted by Gasteiger charge is -2.21. The summed E-state index contributed by atoms with van der Waals surface area (Å²) in [6.07, 6.45) is 2.62. The zero-order chi connectivity index (χ0) is 12.5. The number of aromatic nitrogens is 2. The van der Waals surface area contributed by atoms with E-state index in [-0.39, 0.29) is 17.7 Å². The molecular formula is C11H19N3O2S. The van der Waals surface area contributed by atoms with Gasteiger partial charge in [0.05, 0.1) is 23.2 Å². The van der Waals surface area contributed by atoms with E-state index in [0.29, 0.717) is 5.75 Å². The second-order valence-electron chi connectivity index (χ2n) is 4.61. The molecule has 1 aromatic rings. The number of nitrogens with one attached hydrogen (secondary N) is 1. The number of nitrogens with zero attached hydrogens (tertiary/aromatic N) is 2. The van der Waals surface area contributed by atoms with Crippen molar-refractivity contribution in [3.63, 3.8) is 0 Å². The van der Waals surface area contributed by atoms with Crippen molar-refractivity contribution >= 4 is 9.84 Å². The molecule has 6 heteroatoms. The first-order chi connectivity index (χ1) is 8.02. The van der Waals surface area contributed by atoms with E-state index in [1.165, 1.54) is 0 Å². The minimum atomic E-state index is -2.83. The number of hydrogen-bond acceptors (Lipinski definition) is 4. The van der Waals surface area contributed by atoms with Gasteiger partial charge < -0.3 is 5.32 Å². The Morgan fingerprint density at radius 1 is 1.65 bits per heavy atom. The molecule has 0 bridgehead atoms. The molecule has 2 heterocycles. The topological polar surface area (TPSA) is 64.0 Å². The molecule has 2 rings (SSSR count). The van der Waals surface area contributed by atoms with Crippen molar-refractivity contribution < 1.29 is 8.42 Å². The van der Waals surface area contributed by atoms with Crippen molar-refractivity contribution in [2.75, 3.05) is 18.1 Å². The molecule has 2 unspecified atom stereocenters. The van der Waals surface area contributed by atoms with Gasteiger partial charge in [-0.05, 0) is 24.9 Å². The van der Waals surface area contributed by atoms with Crippen LogP contribution in [0.2, 0.25) is 0 Å². The van der Waals surface area contributed by atoms with Gasteiger partial charge in [-0.3, -0.25) is 4.68 Å². The number of hydrogen-bond donors (Lipinski definition) is 1. The number of rotatable bonds is 4. The highest BCUT2D eigenvalue weighted by Crippen LogP contribution is 2.30. The van der Waals surface area contributed by atoms with Crippen LogP contribution in [-0.2, 0) is 16.9 Å². The van der Waals surface area contributed by atoms with Crippen molar-refractivity contribution in [2.24, 2.45) is 13.0 Å². The Balaban J connectivity index is 2.18. The SMILES string of the molecule is CCNC(c1ccn(C)n1)C1CCS(=O)(=O)C1. The van der Waals surface area contributed by atoms with Crippen LogP contribution in [0.15, 0.2) is 12.3 Å². The van der Waals surface area contributed by atoms with Gasteiger partial charge in [-0.15, -0.1) is 0 Å². The van der Waals surface area contributed by atoms with Crippen molar-refractivity contribution in [3.05, 3.63) is 18.0 Å². The molecule has 2 atom stereocenters. The van der Waals surface area contributed by atoms with E-state index in [0.717, 1.165) is 18.7 Å². The maximum absolute atomic E-state index is 11.5. The molecule has 1 fully saturated rings. The van der Waals surface area contributed by atoms with E-state index < -0.39 is 9.84 Å². The summed E-state index contributed by atoms with van der Waals surface area (Å²) >= 11 is 0. The van der Waals surface area contributed by atoms with Gasteiger partial charge in [0.1, 0.15) is 0 Å². The van der Waals surface area contributed by atoms with E-state index in [1.807, 2.05) is 26.2 Å². The van der Waals surface area contributed by atoms with Crippen LogP contribution in [0.3, 0.4) is 0 Å². The van der Waals surface area contributed by atoms with Crippen LogP contribution in [-0.4, -0.2) is 36.2 Å². The molecule has 0 radical (unpaired) electrons. The lowest BCUT2D eigenvalue weighted by Crippen LogP contribution is -2.29. The fourth-order valence-electron chi connectivity index (χ4n) is 2.42. The lowest BCUT2D eigenvalue weighted by atomic mass is 9.96.